The molecule has 1 atom stereocenters. The number of rotatable bonds is 5. The van der Waals surface area contributed by atoms with Crippen LogP contribution in [0.3, 0.4) is 0 Å². The Morgan fingerprint density at radius 1 is 1.14 bits per heavy atom. The molecule has 2 aromatic heterocycles. The summed E-state index contributed by atoms with van der Waals surface area (Å²) in [5, 5.41) is 1.77. The number of hydrogen-bond acceptors (Lipinski definition) is 6. The summed E-state index contributed by atoms with van der Waals surface area (Å²) >= 11 is 1.23. The molecule has 1 unspecified atom stereocenters. The SMILES string of the molecule is O=C(C1CCCN(S(=O)(=O)c2cccs2)C1)N1CCN(Cc2cccnc2)CC1. The van der Waals surface area contributed by atoms with Crippen LogP contribution in [0, 0.1) is 5.92 Å². The zero-order valence-corrected chi connectivity index (χ0v) is 17.9. The Morgan fingerprint density at radius 2 is 1.97 bits per heavy atom. The number of pyridine rings is 1. The van der Waals surface area contributed by atoms with Gasteiger partial charge in [0.25, 0.3) is 10.0 Å². The van der Waals surface area contributed by atoms with Gasteiger partial charge in [-0.25, -0.2) is 8.42 Å². The van der Waals surface area contributed by atoms with E-state index in [9.17, 15) is 13.2 Å². The lowest BCUT2D eigenvalue weighted by Gasteiger charge is -2.38. The molecule has 2 fully saturated rings. The second kappa shape index (κ2) is 8.91. The lowest BCUT2D eigenvalue weighted by Crippen LogP contribution is -2.52. The summed E-state index contributed by atoms with van der Waals surface area (Å²) < 4.78 is 27.5. The molecular formula is C20H26N4O3S2. The van der Waals surface area contributed by atoms with Crippen molar-refractivity contribution in [3.63, 3.8) is 0 Å². The normalized spacial score (nSPS) is 21.9. The third-order valence-corrected chi connectivity index (χ3v) is 8.87. The largest absolute Gasteiger partial charge is 0.340 e. The lowest BCUT2D eigenvalue weighted by molar-refractivity contribution is -0.138. The second-order valence-corrected chi connectivity index (χ2v) is 10.7. The summed E-state index contributed by atoms with van der Waals surface area (Å²) in [6.07, 6.45) is 5.13. The number of carbonyl (C=O) groups is 1. The van der Waals surface area contributed by atoms with Crippen LogP contribution in [0.25, 0.3) is 0 Å². The number of hydrogen-bond donors (Lipinski definition) is 0. The van der Waals surface area contributed by atoms with Crippen LogP contribution in [-0.2, 0) is 21.4 Å². The van der Waals surface area contributed by atoms with Crippen LogP contribution in [0.15, 0.2) is 46.2 Å². The van der Waals surface area contributed by atoms with Gasteiger partial charge in [-0.3, -0.25) is 14.7 Å². The second-order valence-electron chi connectivity index (χ2n) is 7.60. The van der Waals surface area contributed by atoms with Crippen molar-refractivity contribution in [3.8, 4) is 0 Å². The first-order valence-electron chi connectivity index (χ1n) is 9.98. The van der Waals surface area contributed by atoms with E-state index in [2.05, 4.69) is 16.0 Å². The van der Waals surface area contributed by atoms with E-state index < -0.39 is 10.0 Å². The van der Waals surface area contributed by atoms with Crippen LogP contribution in [0.4, 0.5) is 0 Å². The van der Waals surface area contributed by atoms with E-state index in [1.165, 1.54) is 21.2 Å². The minimum absolute atomic E-state index is 0.0945. The Kier molecular flexibility index (Phi) is 6.29. The molecule has 4 heterocycles. The third-order valence-electron chi connectivity index (χ3n) is 5.64. The lowest BCUT2D eigenvalue weighted by atomic mass is 9.97. The summed E-state index contributed by atoms with van der Waals surface area (Å²) in [5.74, 6) is -0.152. The van der Waals surface area contributed by atoms with Crippen LogP contribution in [0.1, 0.15) is 18.4 Å². The summed E-state index contributed by atoms with van der Waals surface area (Å²) in [6, 6.07) is 7.38. The van der Waals surface area contributed by atoms with Gasteiger partial charge in [-0.15, -0.1) is 11.3 Å². The quantitative estimate of drug-likeness (QED) is 0.719. The smallest absolute Gasteiger partial charge is 0.252 e. The van der Waals surface area contributed by atoms with Gasteiger partial charge < -0.3 is 4.90 Å². The van der Waals surface area contributed by atoms with Crippen LogP contribution < -0.4 is 0 Å². The van der Waals surface area contributed by atoms with Crippen LogP contribution in [-0.4, -0.2) is 72.7 Å². The van der Waals surface area contributed by atoms with Gasteiger partial charge in [0.2, 0.25) is 5.91 Å². The molecule has 4 rings (SSSR count). The summed E-state index contributed by atoms with van der Waals surface area (Å²) in [6.45, 7) is 4.64. The number of aromatic nitrogens is 1. The fourth-order valence-electron chi connectivity index (χ4n) is 4.03. The van der Waals surface area contributed by atoms with Crippen molar-refractivity contribution in [3.05, 3.63) is 47.6 Å². The molecule has 0 spiro atoms. The molecule has 0 radical (unpaired) electrons. The molecule has 0 aliphatic carbocycles. The molecule has 156 valence electrons. The highest BCUT2D eigenvalue weighted by Crippen LogP contribution is 2.27. The molecule has 29 heavy (non-hydrogen) atoms. The van der Waals surface area contributed by atoms with Gasteiger partial charge in [0.05, 0.1) is 5.92 Å². The van der Waals surface area contributed by atoms with Crippen molar-refractivity contribution in [2.75, 3.05) is 39.3 Å². The van der Waals surface area contributed by atoms with Crippen molar-refractivity contribution >= 4 is 27.3 Å². The number of piperidine rings is 1. The van der Waals surface area contributed by atoms with Crippen molar-refractivity contribution in [1.29, 1.82) is 0 Å². The average Bonchev–Trinajstić information content (AvgIpc) is 3.31. The van der Waals surface area contributed by atoms with E-state index in [0.29, 0.717) is 23.8 Å². The molecule has 1 amide bonds. The molecule has 0 bridgehead atoms. The number of nitrogens with zero attached hydrogens (tertiary/aromatic N) is 4. The zero-order chi connectivity index (χ0) is 20.3. The van der Waals surface area contributed by atoms with Gasteiger partial charge in [-0.05, 0) is 35.9 Å². The van der Waals surface area contributed by atoms with Gasteiger partial charge in [0, 0.05) is 58.2 Å². The molecule has 0 saturated carbocycles. The Morgan fingerprint density at radius 3 is 2.66 bits per heavy atom. The average molecular weight is 435 g/mol. The van der Waals surface area contributed by atoms with Gasteiger partial charge in [0.15, 0.2) is 0 Å². The fraction of sp³-hybridized carbons (Fsp3) is 0.500. The molecule has 2 aliphatic rings. The van der Waals surface area contributed by atoms with Crippen molar-refractivity contribution in [2.45, 2.75) is 23.6 Å². The van der Waals surface area contributed by atoms with Gasteiger partial charge in [-0.1, -0.05) is 12.1 Å². The van der Waals surface area contributed by atoms with Crippen LogP contribution in [0.2, 0.25) is 0 Å². The Labute approximate surface area is 176 Å². The number of carbonyl (C=O) groups excluding carboxylic acids is 1. The number of amides is 1. The number of sulfonamides is 1. The van der Waals surface area contributed by atoms with Gasteiger partial charge >= 0.3 is 0 Å². The molecule has 0 aromatic carbocycles. The first-order valence-corrected chi connectivity index (χ1v) is 12.3. The third kappa shape index (κ3) is 4.69. The summed E-state index contributed by atoms with van der Waals surface area (Å²) in [5.41, 5.74) is 1.17. The maximum atomic E-state index is 13.1. The number of piperazine rings is 1. The van der Waals surface area contributed by atoms with Gasteiger partial charge in [-0.2, -0.15) is 4.31 Å². The molecule has 2 saturated heterocycles. The Balaban J connectivity index is 1.33. The highest BCUT2D eigenvalue weighted by molar-refractivity contribution is 7.91. The predicted molar refractivity (Wildman–Crippen MR) is 112 cm³/mol. The minimum atomic E-state index is -3.49. The zero-order valence-electron chi connectivity index (χ0n) is 16.3. The fourth-order valence-corrected chi connectivity index (χ4v) is 6.70. The van der Waals surface area contributed by atoms with Gasteiger partial charge in [0.1, 0.15) is 4.21 Å². The van der Waals surface area contributed by atoms with E-state index in [1.807, 2.05) is 17.2 Å². The van der Waals surface area contributed by atoms with E-state index in [-0.39, 0.29) is 18.4 Å². The first kappa shape index (κ1) is 20.5. The minimum Gasteiger partial charge on any atom is -0.340 e. The highest BCUT2D eigenvalue weighted by atomic mass is 32.2. The predicted octanol–water partition coefficient (Wildman–Crippen LogP) is 1.89. The van der Waals surface area contributed by atoms with E-state index in [1.54, 1.807) is 23.7 Å². The molecular weight excluding hydrogens is 408 g/mol. The molecule has 0 N–H and O–H groups in total. The van der Waals surface area contributed by atoms with E-state index in [4.69, 9.17) is 0 Å². The molecule has 7 nitrogen and oxygen atoms in total. The number of thiophene rings is 1. The topological polar surface area (TPSA) is 73.8 Å². The van der Waals surface area contributed by atoms with E-state index in [0.717, 1.165) is 32.5 Å². The van der Waals surface area contributed by atoms with Crippen molar-refractivity contribution < 1.29 is 13.2 Å². The molecule has 2 aromatic rings. The summed E-state index contributed by atoms with van der Waals surface area (Å²) in [7, 11) is -3.49. The van der Waals surface area contributed by atoms with Crippen LogP contribution in [0.5, 0.6) is 0 Å². The highest BCUT2D eigenvalue weighted by Gasteiger charge is 2.36. The van der Waals surface area contributed by atoms with E-state index >= 15 is 0 Å². The Bertz CT molecular complexity index is 910. The van der Waals surface area contributed by atoms with Crippen molar-refractivity contribution in [1.82, 2.24) is 19.1 Å². The maximum Gasteiger partial charge on any atom is 0.252 e. The Hall–Kier alpha value is -1.81. The molecule has 9 heteroatoms. The molecule has 2 aliphatic heterocycles. The first-order chi connectivity index (χ1) is 14.0. The van der Waals surface area contributed by atoms with Crippen LogP contribution >= 0.6 is 11.3 Å². The summed E-state index contributed by atoms with van der Waals surface area (Å²) in [4.78, 5) is 21.4. The standard InChI is InChI=1S/C20H26N4O3S2/c25-20(23-11-9-22(10-12-23)15-17-4-1-7-21-14-17)18-5-2-8-24(16-18)29(26,27)19-6-3-13-28-19/h1,3-4,6-7,13-14,18H,2,5,8-12,15-16H2. The van der Waals surface area contributed by atoms with Crippen molar-refractivity contribution in [2.24, 2.45) is 5.92 Å². The monoisotopic (exact) mass is 434 g/mol. The maximum absolute atomic E-state index is 13.1.